The zero-order valence-corrected chi connectivity index (χ0v) is 12.3. The number of nitrogens with zero attached hydrogens (tertiary/aromatic N) is 1. The van der Waals surface area contributed by atoms with Crippen molar-refractivity contribution in [3.05, 3.63) is 28.8 Å². The Labute approximate surface area is 110 Å². The predicted molar refractivity (Wildman–Crippen MR) is 75.1 cm³/mol. The highest BCUT2D eigenvalue weighted by Gasteiger charge is 2.23. The fourth-order valence-electron chi connectivity index (χ4n) is 2.55. The maximum absolute atomic E-state index is 9.42. The van der Waals surface area contributed by atoms with Crippen LogP contribution in [0.25, 0.3) is 0 Å². The molecule has 18 heavy (non-hydrogen) atoms. The molecule has 102 valence electrons. The van der Waals surface area contributed by atoms with Crippen molar-refractivity contribution in [3.8, 4) is 5.75 Å². The first-order valence-corrected chi connectivity index (χ1v) is 6.35. The Balaban J connectivity index is 3.26. The molecule has 0 fully saturated rings. The fraction of sp³-hybridized carbons (Fsp3) is 0.600. The van der Waals surface area contributed by atoms with E-state index in [4.69, 9.17) is 4.74 Å². The molecule has 0 radical (unpaired) electrons. The minimum absolute atomic E-state index is 0.188. The van der Waals surface area contributed by atoms with Gasteiger partial charge >= 0.3 is 0 Å². The number of methoxy groups -OCH3 is 1. The van der Waals surface area contributed by atoms with Crippen molar-refractivity contribution in [3.63, 3.8) is 0 Å². The van der Waals surface area contributed by atoms with Crippen LogP contribution >= 0.6 is 0 Å². The molecule has 2 unspecified atom stereocenters. The van der Waals surface area contributed by atoms with E-state index >= 15 is 0 Å². The lowest BCUT2D eigenvalue weighted by Gasteiger charge is -2.31. The Morgan fingerprint density at radius 3 is 2.28 bits per heavy atom. The van der Waals surface area contributed by atoms with E-state index in [1.807, 2.05) is 6.07 Å². The van der Waals surface area contributed by atoms with Gasteiger partial charge in [0, 0.05) is 12.6 Å². The number of rotatable bonds is 5. The Morgan fingerprint density at radius 1 is 1.22 bits per heavy atom. The summed E-state index contributed by atoms with van der Waals surface area (Å²) in [5, 5.41) is 9.42. The average molecular weight is 251 g/mol. The van der Waals surface area contributed by atoms with E-state index in [0.717, 1.165) is 5.75 Å². The second-order valence-electron chi connectivity index (χ2n) is 5.18. The van der Waals surface area contributed by atoms with E-state index in [0.29, 0.717) is 0 Å². The van der Waals surface area contributed by atoms with Crippen LogP contribution in [0, 0.1) is 19.8 Å². The van der Waals surface area contributed by atoms with Crippen LogP contribution in [0.1, 0.15) is 29.7 Å². The number of benzene rings is 1. The monoisotopic (exact) mass is 251 g/mol. The Morgan fingerprint density at radius 2 is 1.83 bits per heavy atom. The van der Waals surface area contributed by atoms with Crippen molar-refractivity contribution in [1.82, 2.24) is 4.90 Å². The molecule has 1 N–H and O–H groups in total. The smallest absolute Gasteiger partial charge is 0.122 e. The lowest BCUT2D eigenvalue weighted by atomic mass is 9.89. The summed E-state index contributed by atoms with van der Waals surface area (Å²) >= 11 is 0. The molecular formula is C15H25NO2. The molecular weight excluding hydrogens is 226 g/mol. The molecule has 0 bridgehead atoms. The lowest BCUT2D eigenvalue weighted by molar-refractivity contribution is 0.145. The zero-order chi connectivity index (χ0) is 13.9. The average Bonchev–Trinajstić information content (AvgIpc) is 2.34. The minimum atomic E-state index is 0.188. The number of aliphatic hydroxyl groups excluding tert-OH is 1. The topological polar surface area (TPSA) is 32.7 Å². The molecule has 1 aromatic rings. The minimum Gasteiger partial charge on any atom is -0.496 e. The van der Waals surface area contributed by atoms with E-state index < -0.39 is 0 Å². The first-order valence-electron chi connectivity index (χ1n) is 6.35. The van der Waals surface area contributed by atoms with E-state index in [1.165, 1.54) is 16.7 Å². The van der Waals surface area contributed by atoms with E-state index in [1.54, 1.807) is 7.11 Å². The van der Waals surface area contributed by atoms with Crippen molar-refractivity contribution < 1.29 is 9.84 Å². The van der Waals surface area contributed by atoms with Crippen molar-refractivity contribution >= 4 is 0 Å². The third-order valence-corrected chi connectivity index (χ3v) is 3.70. The molecule has 0 heterocycles. The lowest BCUT2D eigenvalue weighted by Crippen LogP contribution is -2.28. The molecule has 0 aliphatic heterocycles. The van der Waals surface area contributed by atoms with Crippen LogP contribution in [0.4, 0.5) is 0 Å². The van der Waals surface area contributed by atoms with E-state index in [2.05, 4.69) is 45.8 Å². The summed E-state index contributed by atoms with van der Waals surface area (Å²) < 4.78 is 5.34. The highest BCUT2D eigenvalue weighted by Crippen LogP contribution is 2.33. The third-order valence-electron chi connectivity index (χ3n) is 3.70. The molecule has 1 aromatic carbocycles. The first kappa shape index (κ1) is 15.0. The predicted octanol–water partition coefficient (Wildman–Crippen LogP) is 2.54. The van der Waals surface area contributed by atoms with Crippen LogP contribution in [-0.4, -0.2) is 37.8 Å². The highest BCUT2D eigenvalue weighted by atomic mass is 16.5. The third kappa shape index (κ3) is 2.85. The van der Waals surface area contributed by atoms with Crippen LogP contribution < -0.4 is 4.74 Å². The summed E-state index contributed by atoms with van der Waals surface area (Å²) in [6, 6.07) is 4.34. The van der Waals surface area contributed by atoms with Gasteiger partial charge in [-0.25, -0.2) is 0 Å². The summed E-state index contributed by atoms with van der Waals surface area (Å²) in [5.41, 5.74) is 3.68. The van der Waals surface area contributed by atoms with Crippen LogP contribution in [0.2, 0.25) is 0 Å². The summed E-state index contributed by atoms with van der Waals surface area (Å²) in [4.78, 5) is 2.16. The summed E-state index contributed by atoms with van der Waals surface area (Å²) in [5.74, 6) is 1.12. The van der Waals surface area contributed by atoms with Crippen molar-refractivity contribution in [2.45, 2.75) is 26.8 Å². The quantitative estimate of drug-likeness (QED) is 0.873. The first-order chi connectivity index (χ1) is 8.43. The van der Waals surface area contributed by atoms with Gasteiger partial charge in [0.2, 0.25) is 0 Å². The molecule has 3 nitrogen and oxygen atoms in total. The van der Waals surface area contributed by atoms with E-state index in [9.17, 15) is 5.11 Å². The molecule has 0 saturated heterocycles. The van der Waals surface area contributed by atoms with Gasteiger partial charge in [-0.1, -0.05) is 13.0 Å². The van der Waals surface area contributed by atoms with Gasteiger partial charge in [-0.05, 0) is 56.6 Å². The Kier molecular flexibility index (Phi) is 5.17. The van der Waals surface area contributed by atoms with Crippen LogP contribution in [0.3, 0.4) is 0 Å². The standard InChI is InChI=1S/C15H25NO2/c1-10(9-17)15(16(4)5)13-7-8-14(18-6)12(3)11(13)2/h7-8,10,15,17H,9H2,1-6H3. The maximum Gasteiger partial charge on any atom is 0.122 e. The fourth-order valence-corrected chi connectivity index (χ4v) is 2.55. The molecule has 3 heteroatoms. The SMILES string of the molecule is COc1ccc(C(C(C)CO)N(C)C)c(C)c1C. The zero-order valence-electron chi connectivity index (χ0n) is 12.3. The van der Waals surface area contributed by atoms with E-state index in [-0.39, 0.29) is 18.6 Å². The molecule has 0 aliphatic rings. The Bertz CT molecular complexity index is 402. The molecule has 2 atom stereocenters. The molecule has 0 amide bonds. The van der Waals surface area contributed by atoms with Gasteiger partial charge in [-0.3, -0.25) is 0 Å². The second-order valence-corrected chi connectivity index (χ2v) is 5.18. The molecule has 1 rings (SSSR count). The van der Waals surface area contributed by atoms with Crippen molar-refractivity contribution in [2.24, 2.45) is 5.92 Å². The number of hydrogen-bond acceptors (Lipinski definition) is 3. The summed E-state index contributed by atoms with van der Waals surface area (Å²) in [7, 11) is 5.80. The van der Waals surface area contributed by atoms with Gasteiger partial charge in [0.1, 0.15) is 5.75 Å². The van der Waals surface area contributed by atoms with Gasteiger partial charge in [-0.15, -0.1) is 0 Å². The number of hydrogen-bond donors (Lipinski definition) is 1. The highest BCUT2D eigenvalue weighted by molar-refractivity contribution is 5.45. The van der Waals surface area contributed by atoms with Gasteiger partial charge in [-0.2, -0.15) is 0 Å². The molecule has 0 spiro atoms. The van der Waals surface area contributed by atoms with Crippen molar-refractivity contribution in [1.29, 1.82) is 0 Å². The van der Waals surface area contributed by atoms with Crippen LogP contribution in [-0.2, 0) is 0 Å². The van der Waals surface area contributed by atoms with Crippen LogP contribution in [0.5, 0.6) is 5.75 Å². The summed E-state index contributed by atoms with van der Waals surface area (Å²) in [6.07, 6.45) is 0. The molecule has 0 aromatic heterocycles. The Hall–Kier alpha value is -1.06. The van der Waals surface area contributed by atoms with Gasteiger partial charge in [0.05, 0.1) is 7.11 Å². The van der Waals surface area contributed by atoms with Gasteiger partial charge < -0.3 is 14.7 Å². The van der Waals surface area contributed by atoms with Crippen molar-refractivity contribution in [2.75, 3.05) is 27.8 Å². The maximum atomic E-state index is 9.42. The normalized spacial score (nSPS) is 14.7. The molecule has 0 aliphatic carbocycles. The number of ether oxygens (including phenoxy) is 1. The second kappa shape index (κ2) is 6.21. The van der Waals surface area contributed by atoms with Gasteiger partial charge in [0.15, 0.2) is 0 Å². The van der Waals surface area contributed by atoms with Gasteiger partial charge in [0.25, 0.3) is 0 Å². The number of aliphatic hydroxyl groups is 1. The van der Waals surface area contributed by atoms with Crippen LogP contribution in [0.15, 0.2) is 12.1 Å². The largest absolute Gasteiger partial charge is 0.496 e. The summed E-state index contributed by atoms with van der Waals surface area (Å²) in [6.45, 7) is 6.46. The molecule has 0 saturated carbocycles.